The molecule has 1 fully saturated rings. The molecule has 7 heteroatoms. The maximum absolute atomic E-state index is 12.5. The van der Waals surface area contributed by atoms with Crippen LogP contribution in [-0.2, 0) is 4.74 Å². The Kier molecular flexibility index (Phi) is 9.48. The maximum Gasteiger partial charge on any atom is 0.251 e. The van der Waals surface area contributed by atoms with Gasteiger partial charge in [-0.25, -0.2) is 0 Å². The SMILES string of the molecule is C=CCOc1ccc(C(=O)NCC2(COC)CCNCC2)cc1OC.Cl. The predicted octanol–water partition coefficient (Wildman–Crippen LogP) is 2.43. The molecule has 0 spiro atoms. The van der Waals surface area contributed by atoms with E-state index in [1.54, 1.807) is 38.5 Å². The van der Waals surface area contributed by atoms with Gasteiger partial charge in [0.1, 0.15) is 6.61 Å². The van der Waals surface area contributed by atoms with E-state index in [9.17, 15) is 4.79 Å². The summed E-state index contributed by atoms with van der Waals surface area (Å²) >= 11 is 0. The van der Waals surface area contributed by atoms with Gasteiger partial charge in [-0.3, -0.25) is 4.79 Å². The number of ether oxygens (including phenoxy) is 3. The van der Waals surface area contributed by atoms with Crippen molar-refractivity contribution < 1.29 is 19.0 Å². The molecule has 0 atom stereocenters. The van der Waals surface area contributed by atoms with Gasteiger partial charge in [0.15, 0.2) is 11.5 Å². The molecule has 1 aliphatic rings. The highest BCUT2D eigenvalue weighted by molar-refractivity contribution is 5.94. The fourth-order valence-corrected chi connectivity index (χ4v) is 3.08. The molecule has 6 nitrogen and oxygen atoms in total. The summed E-state index contributed by atoms with van der Waals surface area (Å²) in [5.41, 5.74) is 0.538. The van der Waals surface area contributed by atoms with Crippen LogP contribution in [0, 0.1) is 5.41 Å². The van der Waals surface area contributed by atoms with E-state index in [0.29, 0.717) is 36.8 Å². The summed E-state index contributed by atoms with van der Waals surface area (Å²) in [5, 5.41) is 6.40. The Bertz CT molecular complexity index is 583. The number of benzene rings is 1. The second kappa shape index (κ2) is 11.1. The van der Waals surface area contributed by atoms with Crippen LogP contribution in [0.3, 0.4) is 0 Å². The Morgan fingerprint density at radius 1 is 1.31 bits per heavy atom. The van der Waals surface area contributed by atoms with Gasteiger partial charge in [0.2, 0.25) is 0 Å². The first-order valence-corrected chi connectivity index (χ1v) is 8.54. The highest BCUT2D eigenvalue weighted by Gasteiger charge is 2.32. The summed E-state index contributed by atoms with van der Waals surface area (Å²) in [6.45, 7) is 7.14. The third-order valence-electron chi connectivity index (χ3n) is 4.52. The van der Waals surface area contributed by atoms with Crippen molar-refractivity contribution in [1.82, 2.24) is 10.6 Å². The number of piperidine rings is 1. The zero-order chi connectivity index (χ0) is 18.1. The molecule has 26 heavy (non-hydrogen) atoms. The van der Waals surface area contributed by atoms with Crippen LogP contribution in [0.2, 0.25) is 0 Å². The largest absolute Gasteiger partial charge is 0.493 e. The van der Waals surface area contributed by atoms with E-state index in [0.717, 1.165) is 25.9 Å². The predicted molar refractivity (Wildman–Crippen MR) is 105 cm³/mol. The molecule has 146 valence electrons. The van der Waals surface area contributed by atoms with E-state index in [4.69, 9.17) is 14.2 Å². The lowest BCUT2D eigenvalue weighted by Gasteiger charge is -2.37. The fraction of sp³-hybridized carbons (Fsp3) is 0.526. The van der Waals surface area contributed by atoms with Crippen LogP contribution in [0.15, 0.2) is 30.9 Å². The molecule has 1 aromatic rings. The summed E-state index contributed by atoms with van der Waals surface area (Å²) in [6, 6.07) is 5.17. The molecule has 0 unspecified atom stereocenters. The van der Waals surface area contributed by atoms with Crippen LogP contribution in [-0.4, -0.2) is 53.0 Å². The zero-order valence-corrected chi connectivity index (χ0v) is 16.3. The third kappa shape index (κ3) is 5.90. The zero-order valence-electron chi connectivity index (χ0n) is 15.5. The Hall–Kier alpha value is -1.76. The molecule has 0 radical (unpaired) electrons. The first kappa shape index (κ1) is 22.3. The smallest absolute Gasteiger partial charge is 0.251 e. The second-order valence-electron chi connectivity index (χ2n) is 6.33. The van der Waals surface area contributed by atoms with E-state index in [1.165, 1.54) is 0 Å². The number of methoxy groups -OCH3 is 2. The molecule has 1 heterocycles. The fourth-order valence-electron chi connectivity index (χ4n) is 3.08. The summed E-state index contributed by atoms with van der Waals surface area (Å²) < 4.78 is 16.2. The average Bonchev–Trinajstić information content (AvgIpc) is 2.65. The number of amides is 1. The molecule has 1 aromatic carbocycles. The molecule has 1 aliphatic heterocycles. The number of nitrogens with one attached hydrogen (secondary N) is 2. The van der Waals surface area contributed by atoms with Crippen LogP contribution in [0.5, 0.6) is 11.5 Å². The molecule has 2 rings (SSSR count). The van der Waals surface area contributed by atoms with Gasteiger partial charge in [-0.15, -0.1) is 12.4 Å². The lowest BCUT2D eigenvalue weighted by molar-refractivity contribution is 0.0511. The Balaban J connectivity index is 0.00000338. The summed E-state index contributed by atoms with van der Waals surface area (Å²) in [7, 11) is 3.26. The molecule has 1 amide bonds. The number of hydrogen-bond acceptors (Lipinski definition) is 5. The van der Waals surface area contributed by atoms with E-state index < -0.39 is 0 Å². The Labute approximate surface area is 161 Å². The lowest BCUT2D eigenvalue weighted by Crippen LogP contribution is -2.47. The van der Waals surface area contributed by atoms with E-state index in [1.807, 2.05) is 0 Å². The van der Waals surface area contributed by atoms with Crippen molar-refractivity contribution in [3.8, 4) is 11.5 Å². The van der Waals surface area contributed by atoms with Crippen molar-refractivity contribution in [2.45, 2.75) is 12.8 Å². The van der Waals surface area contributed by atoms with E-state index >= 15 is 0 Å². The van der Waals surface area contributed by atoms with Crippen molar-refractivity contribution in [2.24, 2.45) is 5.41 Å². The molecular formula is C19H29ClN2O4. The van der Waals surface area contributed by atoms with Crippen molar-refractivity contribution in [3.63, 3.8) is 0 Å². The molecule has 1 saturated heterocycles. The number of carbonyl (C=O) groups excluding carboxylic acids is 1. The Morgan fingerprint density at radius 3 is 2.65 bits per heavy atom. The molecule has 0 bridgehead atoms. The van der Waals surface area contributed by atoms with Crippen molar-refractivity contribution >= 4 is 18.3 Å². The standard InChI is InChI=1S/C19H28N2O4.ClH/c1-4-11-25-16-6-5-15(12-17(16)24-3)18(22)21-13-19(14-23-2)7-9-20-10-8-19;/h4-6,12,20H,1,7-11,13-14H2,2-3H3,(H,21,22);1H. The van der Waals surface area contributed by atoms with Crippen molar-refractivity contribution in [2.75, 3.05) is 47.1 Å². The monoisotopic (exact) mass is 384 g/mol. The third-order valence-corrected chi connectivity index (χ3v) is 4.52. The van der Waals surface area contributed by atoms with Crippen molar-refractivity contribution in [1.29, 1.82) is 0 Å². The number of carbonyl (C=O) groups is 1. The summed E-state index contributed by atoms with van der Waals surface area (Å²) in [4.78, 5) is 12.5. The minimum absolute atomic E-state index is 0. The van der Waals surface area contributed by atoms with Crippen LogP contribution < -0.4 is 20.1 Å². The number of halogens is 1. The second-order valence-corrected chi connectivity index (χ2v) is 6.33. The molecular weight excluding hydrogens is 356 g/mol. The first-order chi connectivity index (χ1) is 12.1. The quantitative estimate of drug-likeness (QED) is 0.640. The van der Waals surface area contributed by atoms with Gasteiger partial charge in [0.25, 0.3) is 5.91 Å². The Morgan fingerprint density at radius 2 is 2.04 bits per heavy atom. The summed E-state index contributed by atoms with van der Waals surface area (Å²) in [5.74, 6) is 0.999. The van der Waals surface area contributed by atoms with E-state index in [-0.39, 0.29) is 23.7 Å². The average molecular weight is 385 g/mol. The highest BCUT2D eigenvalue weighted by atomic mass is 35.5. The molecule has 0 aromatic heterocycles. The summed E-state index contributed by atoms with van der Waals surface area (Å²) in [6.07, 6.45) is 3.63. The van der Waals surface area contributed by atoms with E-state index in [2.05, 4.69) is 17.2 Å². The van der Waals surface area contributed by atoms with Gasteiger partial charge < -0.3 is 24.8 Å². The molecule has 2 N–H and O–H groups in total. The van der Waals surface area contributed by atoms with Gasteiger partial charge >= 0.3 is 0 Å². The lowest BCUT2D eigenvalue weighted by atomic mass is 9.79. The number of hydrogen-bond donors (Lipinski definition) is 2. The van der Waals surface area contributed by atoms with Crippen molar-refractivity contribution in [3.05, 3.63) is 36.4 Å². The van der Waals surface area contributed by atoms with Gasteiger partial charge in [-0.1, -0.05) is 12.7 Å². The molecule has 0 saturated carbocycles. The van der Waals surface area contributed by atoms with Crippen LogP contribution in [0.4, 0.5) is 0 Å². The molecule has 0 aliphatic carbocycles. The highest BCUT2D eigenvalue weighted by Crippen LogP contribution is 2.30. The van der Waals surface area contributed by atoms with Gasteiger partial charge in [-0.2, -0.15) is 0 Å². The minimum atomic E-state index is -0.123. The minimum Gasteiger partial charge on any atom is -0.493 e. The van der Waals surface area contributed by atoms with Crippen LogP contribution in [0.25, 0.3) is 0 Å². The normalized spacial score (nSPS) is 15.5. The van der Waals surface area contributed by atoms with Crippen LogP contribution >= 0.6 is 12.4 Å². The van der Waals surface area contributed by atoms with Crippen LogP contribution in [0.1, 0.15) is 23.2 Å². The topological polar surface area (TPSA) is 68.8 Å². The van der Waals surface area contributed by atoms with Gasteiger partial charge in [-0.05, 0) is 44.1 Å². The first-order valence-electron chi connectivity index (χ1n) is 8.54. The van der Waals surface area contributed by atoms with Gasteiger partial charge in [0, 0.05) is 24.6 Å². The van der Waals surface area contributed by atoms with Gasteiger partial charge in [0.05, 0.1) is 13.7 Å². The number of rotatable bonds is 9. The maximum atomic E-state index is 12.5.